The highest BCUT2D eigenvalue weighted by molar-refractivity contribution is 5.52. The Bertz CT molecular complexity index is 491. The lowest BCUT2D eigenvalue weighted by Gasteiger charge is -2.13. The first-order chi connectivity index (χ1) is 7.50. The first kappa shape index (κ1) is 10.5. The highest BCUT2D eigenvalue weighted by Crippen LogP contribution is 2.37. The Hall–Kier alpha value is -1.98. The Morgan fingerprint density at radius 2 is 1.94 bits per heavy atom. The number of rotatable bonds is 1. The van der Waals surface area contributed by atoms with Gasteiger partial charge in [-0.1, -0.05) is 6.07 Å². The van der Waals surface area contributed by atoms with E-state index in [-0.39, 0.29) is 5.69 Å². The molecule has 16 heavy (non-hydrogen) atoms. The highest BCUT2D eigenvalue weighted by Gasteiger charge is 2.35. The van der Waals surface area contributed by atoms with Crippen molar-refractivity contribution >= 4 is 0 Å². The van der Waals surface area contributed by atoms with Gasteiger partial charge in [-0.2, -0.15) is 18.3 Å². The molecule has 0 atom stereocenters. The van der Waals surface area contributed by atoms with Crippen molar-refractivity contribution in [2.45, 2.75) is 6.18 Å². The van der Waals surface area contributed by atoms with Crippen molar-refractivity contribution in [1.29, 1.82) is 0 Å². The normalized spacial score (nSPS) is 11.7. The third-order valence-electron chi connectivity index (χ3n) is 2.05. The van der Waals surface area contributed by atoms with Crippen LogP contribution >= 0.6 is 0 Å². The molecule has 6 heteroatoms. The molecule has 1 heterocycles. The molecule has 1 aromatic heterocycles. The van der Waals surface area contributed by atoms with E-state index < -0.39 is 17.5 Å². The average Bonchev–Trinajstić information content (AvgIpc) is 2.68. The zero-order valence-electron chi connectivity index (χ0n) is 7.94. The standard InChI is InChI=1S/C10H7F3N2O/c11-10(12,13)7-3-1-4-8(16)9(7)15-6-2-5-14-15/h1-6,16H. The van der Waals surface area contributed by atoms with Crippen LogP contribution in [0.2, 0.25) is 0 Å². The second-order valence-electron chi connectivity index (χ2n) is 3.12. The topological polar surface area (TPSA) is 38.0 Å². The van der Waals surface area contributed by atoms with Gasteiger partial charge < -0.3 is 5.11 Å². The van der Waals surface area contributed by atoms with Crippen LogP contribution in [0.3, 0.4) is 0 Å². The molecule has 0 aliphatic heterocycles. The number of hydrogen-bond donors (Lipinski definition) is 1. The summed E-state index contributed by atoms with van der Waals surface area (Å²) in [5.74, 6) is -0.460. The minimum absolute atomic E-state index is 0.361. The number of aromatic nitrogens is 2. The fraction of sp³-hybridized carbons (Fsp3) is 0.100. The van der Waals surface area contributed by atoms with Crippen LogP contribution in [0.4, 0.5) is 13.2 Å². The molecule has 0 unspecified atom stereocenters. The molecule has 0 saturated heterocycles. The van der Waals surface area contributed by atoms with Crippen molar-refractivity contribution in [3.8, 4) is 11.4 Å². The smallest absolute Gasteiger partial charge is 0.418 e. The van der Waals surface area contributed by atoms with Crippen LogP contribution in [0.25, 0.3) is 5.69 Å². The summed E-state index contributed by atoms with van der Waals surface area (Å²) in [6.07, 6.45) is -1.85. The molecule has 3 nitrogen and oxygen atoms in total. The maximum Gasteiger partial charge on any atom is 0.418 e. The van der Waals surface area contributed by atoms with Crippen LogP contribution < -0.4 is 0 Å². The summed E-state index contributed by atoms with van der Waals surface area (Å²) in [6.45, 7) is 0. The molecular formula is C10H7F3N2O. The number of aromatic hydroxyl groups is 1. The van der Waals surface area contributed by atoms with Crippen LogP contribution in [-0.2, 0) is 6.18 Å². The summed E-state index contributed by atoms with van der Waals surface area (Å²) in [6, 6.07) is 4.71. The second-order valence-corrected chi connectivity index (χ2v) is 3.12. The molecule has 2 rings (SSSR count). The Kier molecular flexibility index (Phi) is 2.34. The van der Waals surface area contributed by atoms with Gasteiger partial charge in [0.25, 0.3) is 0 Å². The summed E-state index contributed by atoms with van der Waals surface area (Å²) in [5, 5.41) is 13.1. The van der Waals surface area contributed by atoms with E-state index in [1.165, 1.54) is 24.5 Å². The molecule has 0 aliphatic carbocycles. The van der Waals surface area contributed by atoms with Gasteiger partial charge in [0.05, 0.1) is 5.56 Å². The SMILES string of the molecule is Oc1cccc(C(F)(F)F)c1-n1cccn1. The number of alkyl halides is 3. The molecule has 0 saturated carbocycles. The van der Waals surface area contributed by atoms with Crippen molar-refractivity contribution in [2.24, 2.45) is 0 Å². The van der Waals surface area contributed by atoms with Gasteiger partial charge in [0, 0.05) is 12.4 Å². The maximum atomic E-state index is 12.7. The van der Waals surface area contributed by atoms with E-state index in [1.807, 2.05) is 0 Å². The quantitative estimate of drug-likeness (QED) is 0.814. The molecule has 0 fully saturated rings. The highest BCUT2D eigenvalue weighted by atomic mass is 19.4. The number of para-hydroxylation sites is 1. The van der Waals surface area contributed by atoms with E-state index in [0.717, 1.165) is 16.8 Å². The van der Waals surface area contributed by atoms with Gasteiger partial charge in [0.2, 0.25) is 0 Å². The predicted octanol–water partition coefficient (Wildman–Crippen LogP) is 2.60. The first-order valence-electron chi connectivity index (χ1n) is 4.39. The molecule has 0 bridgehead atoms. The molecule has 0 amide bonds. The minimum Gasteiger partial charge on any atom is -0.506 e. The van der Waals surface area contributed by atoms with E-state index >= 15 is 0 Å². The number of phenolic OH excluding ortho intramolecular Hbond substituents is 1. The van der Waals surface area contributed by atoms with Crippen molar-refractivity contribution in [1.82, 2.24) is 9.78 Å². The van der Waals surface area contributed by atoms with Gasteiger partial charge in [0.15, 0.2) is 0 Å². The predicted molar refractivity (Wildman–Crippen MR) is 50.2 cm³/mol. The van der Waals surface area contributed by atoms with Gasteiger partial charge in [-0.3, -0.25) is 0 Å². The van der Waals surface area contributed by atoms with Gasteiger partial charge in [-0.05, 0) is 18.2 Å². The molecule has 84 valence electrons. The Labute approximate surface area is 88.8 Å². The lowest BCUT2D eigenvalue weighted by atomic mass is 10.1. The Morgan fingerprint density at radius 3 is 2.50 bits per heavy atom. The third-order valence-corrected chi connectivity index (χ3v) is 2.05. The third kappa shape index (κ3) is 1.73. The summed E-state index contributed by atoms with van der Waals surface area (Å²) in [5.41, 5.74) is -1.28. The zero-order valence-corrected chi connectivity index (χ0v) is 7.94. The molecule has 0 spiro atoms. The largest absolute Gasteiger partial charge is 0.506 e. The average molecular weight is 228 g/mol. The summed E-state index contributed by atoms with van der Waals surface area (Å²) >= 11 is 0. The lowest BCUT2D eigenvalue weighted by molar-refractivity contribution is -0.137. The molecule has 0 aliphatic rings. The van der Waals surface area contributed by atoms with E-state index in [1.54, 1.807) is 0 Å². The molecule has 0 radical (unpaired) electrons. The first-order valence-corrected chi connectivity index (χ1v) is 4.39. The van der Waals surface area contributed by atoms with Crippen LogP contribution in [0.5, 0.6) is 5.75 Å². The molecule has 1 aromatic carbocycles. The second kappa shape index (κ2) is 3.55. The minimum atomic E-state index is -4.53. The fourth-order valence-electron chi connectivity index (χ4n) is 1.40. The van der Waals surface area contributed by atoms with Crippen LogP contribution in [0, 0.1) is 0 Å². The molecule has 2 aromatic rings. The fourth-order valence-corrected chi connectivity index (χ4v) is 1.40. The number of halogens is 3. The Balaban J connectivity index is 2.68. The van der Waals surface area contributed by atoms with Gasteiger partial charge in [-0.25, -0.2) is 4.68 Å². The van der Waals surface area contributed by atoms with Crippen molar-refractivity contribution < 1.29 is 18.3 Å². The summed E-state index contributed by atoms with van der Waals surface area (Å²) in [7, 11) is 0. The maximum absolute atomic E-state index is 12.7. The van der Waals surface area contributed by atoms with Crippen molar-refractivity contribution in [3.05, 3.63) is 42.2 Å². The van der Waals surface area contributed by atoms with Crippen molar-refractivity contribution in [3.63, 3.8) is 0 Å². The van der Waals surface area contributed by atoms with E-state index in [2.05, 4.69) is 5.10 Å². The van der Waals surface area contributed by atoms with Crippen LogP contribution in [-0.4, -0.2) is 14.9 Å². The van der Waals surface area contributed by atoms with Crippen molar-refractivity contribution in [2.75, 3.05) is 0 Å². The van der Waals surface area contributed by atoms with Crippen LogP contribution in [0.15, 0.2) is 36.7 Å². The number of hydrogen-bond acceptors (Lipinski definition) is 2. The van der Waals surface area contributed by atoms with E-state index in [4.69, 9.17) is 0 Å². The van der Waals surface area contributed by atoms with Gasteiger partial charge in [-0.15, -0.1) is 0 Å². The number of phenols is 1. The van der Waals surface area contributed by atoms with Gasteiger partial charge in [0.1, 0.15) is 11.4 Å². The van der Waals surface area contributed by atoms with E-state index in [9.17, 15) is 18.3 Å². The van der Waals surface area contributed by atoms with Crippen LogP contribution in [0.1, 0.15) is 5.56 Å². The summed E-state index contributed by atoms with van der Waals surface area (Å²) < 4.78 is 39.0. The molecular weight excluding hydrogens is 221 g/mol. The lowest BCUT2D eigenvalue weighted by Crippen LogP contribution is -2.11. The Morgan fingerprint density at radius 1 is 1.19 bits per heavy atom. The van der Waals surface area contributed by atoms with Gasteiger partial charge >= 0.3 is 6.18 Å². The monoisotopic (exact) mass is 228 g/mol. The summed E-state index contributed by atoms with van der Waals surface area (Å²) in [4.78, 5) is 0. The molecule has 1 N–H and O–H groups in total. The number of nitrogens with zero attached hydrogens (tertiary/aromatic N) is 2. The van der Waals surface area contributed by atoms with E-state index in [0.29, 0.717) is 0 Å². The number of benzene rings is 1. The zero-order chi connectivity index (χ0) is 11.8.